The second-order valence-electron chi connectivity index (χ2n) is 5.52. The van der Waals surface area contributed by atoms with Crippen molar-refractivity contribution in [2.45, 2.75) is 25.9 Å². The molecule has 3 heteroatoms. The summed E-state index contributed by atoms with van der Waals surface area (Å²) in [5.74, 6) is -0.151. The van der Waals surface area contributed by atoms with Crippen molar-refractivity contribution >= 4 is 5.69 Å². The first-order valence-corrected chi connectivity index (χ1v) is 7.35. The number of nitrogens with one attached hydrogen (secondary N) is 1. The molecule has 1 atom stereocenters. The number of nitrogens with zero attached hydrogens (tertiary/aromatic N) is 1. The zero-order valence-corrected chi connectivity index (χ0v) is 12.9. The van der Waals surface area contributed by atoms with E-state index in [4.69, 9.17) is 0 Å². The third-order valence-electron chi connectivity index (χ3n) is 3.52. The lowest BCUT2D eigenvalue weighted by atomic mass is 10.0. The smallest absolute Gasteiger partial charge is 0.128 e. The molecule has 0 aliphatic rings. The van der Waals surface area contributed by atoms with E-state index in [1.807, 2.05) is 38.4 Å². The minimum atomic E-state index is -0.151. The molecule has 2 rings (SSSR count). The SMILES string of the molecule is CCC(Nc1ccccc1CN(C)C)c1ccccc1F. The zero-order chi connectivity index (χ0) is 15.2. The fourth-order valence-electron chi connectivity index (χ4n) is 2.48. The van der Waals surface area contributed by atoms with E-state index in [0.717, 1.165) is 24.2 Å². The Morgan fingerprint density at radius 1 is 1.05 bits per heavy atom. The Labute approximate surface area is 126 Å². The van der Waals surface area contributed by atoms with Gasteiger partial charge in [-0.2, -0.15) is 0 Å². The number of hydrogen-bond acceptors (Lipinski definition) is 2. The number of benzene rings is 2. The number of hydrogen-bond donors (Lipinski definition) is 1. The predicted octanol–water partition coefficient (Wildman–Crippen LogP) is 4.45. The molecule has 112 valence electrons. The van der Waals surface area contributed by atoms with Crippen LogP contribution in [0.4, 0.5) is 10.1 Å². The van der Waals surface area contributed by atoms with Gasteiger partial charge in [-0.3, -0.25) is 0 Å². The van der Waals surface area contributed by atoms with Crippen LogP contribution < -0.4 is 5.32 Å². The van der Waals surface area contributed by atoms with Crippen molar-refractivity contribution in [2.24, 2.45) is 0 Å². The summed E-state index contributed by atoms with van der Waals surface area (Å²) in [7, 11) is 4.09. The van der Waals surface area contributed by atoms with Gasteiger partial charge in [-0.1, -0.05) is 43.3 Å². The van der Waals surface area contributed by atoms with Crippen LogP contribution in [0.5, 0.6) is 0 Å². The highest BCUT2D eigenvalue weighted by molar-refractivity contribution is 5.52. The summed E-state index contributed by atoms with van der Waals surface area (Å²) >= 11 is 0. The van der Waals surface area contributed by atoms with Crippen LogP contribution in [-0.2, 0) is 6.54 Å². The van der Waals surface area contributed by atoms with Gasteiger partial charge in [0.05, 0.1) is 6.04 Å². The molecule has 0 aliphatic heterocycles. The lowest BCUT2D eigenvalue weighted by Crippen LogP contribution is -2.16. The Balaban J connectivity index is 2.25. The monoisotopic (exact) mass is 286 g/mol. The van der Waals surface area contributed by atoms with Crippen molar-refractivity contribution in [3.05, 3.63) is 65.5 Å². The van der Waals surface area contributed by atoms with E-state index >= 15 is 0 Å². The Morgan fingerprint density at radius 3 is 2.38 bits per heavy atom. The van der Waals surface area contributed by atoms with Crippen LogP contribution in [0, 0.1) is 5.82 Å². The first kappa shape index (κ1) is 15.5. The standard InChI is InChI=1S/C18H23FN2/c1-4-17(15-10-6-7-11-16(15)19)20-18-12-8-5-9-14(18)13-21(2)3/h5-12,17,20H,4,13H2,1-3H3. The van der Waals surface area contributed by atoms with Gasteiger partial charge in [0.2, 0.25) is 0 Å². The molecule has 0 radical (unpaired) electrons. The van der Waals surface area contributed by atoms with Crippen LogP contribution in [0.2, 0.25) is 0 Å². The van der Waals surface area contributed by atoms with Crippen LogP contribution in [0.3, 0.4) is 0 Å². The highest BCUT2D eigenvalue weighted by atomic mass is 19.1. The average Bonchev–Trinajstić information content (AvgIpc) is 2.47. The van der Waals surface area contributed by atoms with Crippen molar-refractivity contribution in [3.63, 3.8) is 0 Å². The fourth-order valence-corrected chi connectivity index (χ4v) is 2.48. The molecule has 0 bridgehead atoms. The van der Waals surface area contributed by atoms with Gasteiger partial charge in [-0.25, -0.2) is 4.39 Å². The highest BCUT2D eigenvalue weighted by Gasteiger charge is 2.14. The molecule has 0 aromatic heterocycles. The number of halogens is 1. The van der Waals surface area contributed by atoms with Gasteiger partial charge in [0.25, 0.3) is 0 Å². The second-order valence-corrected chi connectivity index (χ2v) is 5.52. The molecular weight excluding hydrogens is 263 g/mol. The van der Waals surface area contributed by atoms with Gasteiger partial charge < -0.3 is 10.2 Å². The predicted molar refractivity (Wildman–Crippen MR) is 86.9 cm³/mol. The Hall–Kier alpha value is -1.87. The molecule has 0 amide bonds. The van der Waals surface area contributed by atoms with Gasteiger partial charge >= 0.3 is 0 Å². The molecule has 0 spiro atoms. The number of rotatable bonds is 6. The molecular formula is C18H23FN2. The molecule has 0 aliphatic carbocycles. The van der Waals surface area contributed by atoms with Crippen LogP contribution in [-0.4, -0.2) is 19.0 Å². The minimum absolute atomic E-state index is 0.0190. The fraction of sp³-hybridized carbons (Fsp3) is 0.333. The van der Waals surface area contributed by atoms with E-state index in [-0.39, 0.29) is 11.9 Å². The normalized spacial score (nSPS) is 12.4. The van der Waals surface area contributed by atoms with Crippen molar-refractivity contribution in [1.82, 2.24) is 4.90 Å². The summed E-state index contributed by atoms with van der Waals surface area (Å²) in [6.45, 7) is 2.93. The second kappa shape index (κ2) is 7.23. The summed E-state index contributed by atoms with van der Waals surface area (Å²) in [6, 6.07) is 15.2. The third-order valence-corrected chi connectivity index (χ3v) is 3.52. The van der Waals surface area contributed by atoms with Crippen molar-refractivity contribution in [2.75, 3.05) is 19.4 Å². The number of anilines is 1. The van der Waals surface area contributed by atoms with Gasteiger partial charge in [-0.05, 0) is 38.2 Å². The summed E-state index contributed by atoms with van der Waals surface area (Å²) in [5.41, 5.74) is 3.01. The van der Waals surface area contributed by atoms with Gasteiger partial charge in [0.15, 0.2) is 0 Å². The molecule has 0 saturated heterocycles. The van der Waals surface area contributed by atoms with Gasteiger partial charge in [0.1, 0.15) is 5.82 Å². The maximum atomic E-state index is 14.0. The van der Waals surface area contributed by atoms with Crippen LogP contribution >= 0.6 is 0 Å². The Kier molecular flexibility index (Phi) is 5.34. The molecule has 0 heterocycles. The molecule has 2 aromatic carbocycles. The molecule has 1 N–H and O–H groups in total. The summed E-state index contributed by atoms with van der Waals surface area (Å²) in [5, 5.41) is 3.49. The van der Waals surface area contributed by atoms with E-state index in [9.17, 15) is 4.39 Å². The molecule has 0 saturated carbocycles. The number of para-hydroxylation sites is 1. The van der Waals surface area contributed by atoms with Gasteiger partial charge in [-0.15, -0.1) is 0 Å². The van der Waals surface area contributed by atoms with E-state index < -0.39 is 0 Å². The largest absolute Gasteiger partial charge is 0.378 e. The van der Waals surface area contributed by atoms with E-state index in [1.165, 1.54) is 11.6 Å². The van der Waals surface area contributed by atoms with Crippen LogP contribution in [0.25, 0.3) is 0 Å². The van der Waals surface area contributed by atoms with E-state index in [2.05, 4.69) is 29.3 Å². The summed E-state index contributed by atoms with van der Waals surface area (Å²) < 4.78 is 14.0. The van der Waals surface area contributed by atoms with Gasteiger partial charge in [0, 0.05) is 17.8 Å². The summed E-state index contributed by atoms with van der Waals surface area (Å²) in [4.78, 5) is 2.13. The lowest BCUT2D eigenvalue weighted by molar-refractivity contribution is 0.403. The maximum absolute atomic E-state index is 14.0. The summed E-state index contributed by atoms with van der Waals surface area (Å²) in [6.07, 6.45) is 0.831. The van der Waals surface area contributed by atoms with Crippen molar-refractivity contribution in [1.29, 1.82) is 0 Å². The molecule has 21 heavy (non-hydrogen) atoms. The molecule has 2 aromatic rings. The first-order valence-electron chi connectivity index (χ1n) is 7.35. The first-order chi connectivity index (χ1) is 10.1. The Bertz CT molecular complexity index is 581. The topological polar surface area (TPSA) is 15.3 Å². The molecule has 0 fully saturated rings. The zero-order valence-electron chi connectivity index (χ0n) is 12.9. The van der Waals surface area contributed by atoms with Crippen LogP contribution in [0.15, 0.2) is 48.5 Å². The van der Waals surface area contributed by atoms with Crippen LogP contribution in [0.1, 0.15) is 30.5 Å². The van der Waals surface area contributed by atoms with Crippen molar-refractivity contribution in [3.8, 4) is 0 Å². The van der Waals surface area contributed by atoms with E-state index in [0.29, 0.717) is 0 Å². The maximum Gasteiger partial charge on any atom is 0.128 e. The average molecular weight is 286 g/mol. The quantitative estimate of drug-likeness (QED) is 0.844. The lowest BCUT2D eigenvalue weighted by Gasteiger charge is -2.22. The third kappa shape index (κ3) is 4.05. The molecule has 2 nitrogen and oxygen atoms in total. The molecule has 1 unspecified atom stereocenters. The van der Waals surface area contributed by atoms with E-state index in [1.54, 1.807) is 6.07 Å². The highest BCUT2D eigenvalue weighted by Crippen LogP contribution is 2.27. The Morgan fingerprint density at radius 2 is 1.71 bits per heavy atom. The van der Waals surface area contributed by atoms with Crippen molar-refractivity contribution < 1.29 is 4.39 Å². The minimum Gasteiger partial charge on any atom is -0.378 e.